The molecule has 3 saturated carbocycles. The molecule has 3 rings (SSSR count). The standard InChI is InChI=1S/C21H34O2/c1-17(2)19(22)23-21(18-10-5-3-6-11-18)15-9-14-20(16-21)12-7-4-8-13-20/h18H,1,3-16H2,2H3. The fourth-order valence-electron chi connectivity index (χ4n) is 5.72. The van der Waals surface area contributed by atoms with Crippen molar-refractivity contribution in [1.29, 1.82) is 0 Å². The largest absolute Gasteiger partial charge is 0.455 e. The summed E-state index contributed by atoms with van der Waals surface area (Å²) in [6.07, 6.45) is 18.1. The van der Waals surface area contributed by atoms with Gasteiger partial charge in [-0.2, -0.15) is 0 Å². The summed E-state index contributed by atoms with van der Waals surface area (Å²) in [7, 11) is 0. The highest BCUT2D eigenvalue weighted by Crippen LogP contribution is 2.55. The quantitative estimate of drug-likeness (QED) is 0.475. The van der Waals surface area contributed by atoms with Crippen molar-refractivity contribution in [3.63, 3.8) is 0 Å². The van der Waals surface area contributed by atoms with E-state index in [1.165, 1.54) is 77.0 Å². The Morgan fingerprint density at radius 1 is 0.913 bits per heavy atom. The first-order valence-electron chi connectivity index (χ1n) is 9.94. The zero-order valence-corrected chi connectivity index (χ0v) is 15.0. The SMILES string of the molecule is C=C(C)C(=O)OC1(C2CCCCC2)CCCC2(CCCCC2)C1. The van der Waals surface area contributed by atoms with Gasteiger partial charge in [-0.05, 0) is 69.6 Å². The van der Waals surface area contributed by atoms with Crippen molar-refractivity contribution >= 4 is 5.97 Å². The maximum absolute atomic E-state index is 12.4. The second kappa shape index (κ2) is 6.99. The van der Waals surface area contributed by atoms with E-state index in [4.69, 9.17) is 4.74 Å². The van der Waals surface area contributed by atoms with E-state index < -0.39 is 0 Å². The zero-order valence-electron chi connectivity index (χ0n) is 15.0. The Kier molecular flexibility index (Phi) is 5.18. The van der Waals surface area contributed by atoms with Crippen LogP contribution in [0.4, 0.5) is 0 Å². The number of rotatable bonds is 3. The van der Waals surface area contributed by atoms with E-state index in [-0.39, 0.29) is 11.6 Å². The van der Waals surface area contributed by atoms with Crippen LogP contribution in [0.3, 0.4) is 0 Å². The van der Waals surface area contributed by atoms with Crippen molar-refractivity contribution in [3.05, 3.63) is 12.2 Å². The Morgan fingerprint density at radius 2 is 1.52 bits per heavy atom. The zero-order chi connectivity index (χ0) is 16.3. The first-order valence-corrected chi connectivity index (χ1v) is 9.94. The van der Waals surface area contributed by atoms with Gasteiger partial charge in [0.05, 0.1) is 0 Å². The second-order valence-electron chi connectivity index (χ2n) is 8.66. The van der Waals surface area contributed by atoms with E-state index in [9.17, 15) is 4.79 Å². The van der Waals surface area contributed by atoms with Crippen LogP contribution in [0.1, 0.15) is 96.8 Å². The molecule has 1 atom stereocenters. The van der Waals surface area contributed by atoms with Crippen molar-refractivity contribution in [3.8, 4) is 0 Å². The molecular formula is C21H34O2. The molecule has 3 fully saturated rings. The molecule has 0 saturated heterocycles. The molecule has 0 aromatic rings. The van der Waals surface area contributed by atoms with Crippen LogP contribution in [0.25, 0.3) is 0 Å². The topological polar surface area (TPSA) is 26.3 Å². The Morgan fingerprint density at radius 3 is 2.17 bits per heavy atom. The maximum atomic E-state index is 12.4. The molecule has 0 bridgehead atoms. The normalized spacial score (nSPS) is 31.7. The predicted molar refractivity (Wildman–Crippen MR) is 94.2 cm³/mol. The summed E-state index contributed by atoms with van der Waals surface area (Å²) < 4.78 is 6.27. The predicted octanol–water partition coefficient (Wildman–Crippen LogP) is 5.95. The van der Waals surface area contributed by atoms with Gasteiger partial charge in [0.2, 0.25) is 0 Å². The lowest BCUT2D eigenvalue weighted by atomic mass is 9.57. The minimum atomic E-state index is -0.188. The number of ether oxygens (including phenoxy) is 1. The molecule has 23 heavy (non-hydrogen) atoms. The summed E-state index contributed by atoms with van der Waals surface area (Å²) in [5.41, 5.74) is 0.832. The third kappa shape index (κ3) is 3.67. The molecular weight excluding hydrogens is 284 g/mol. The first kappa shape index (κ1) is 17.0. The van der Waals surface area contributed by atoms with Crippen LogP contribution >= 0.6 is 0 Å². The van der Waals surface area contributed by atoms with Crippen molar-refractivity contribution in [1.82, 2.24) is 0 Å². The fraction of sp³-hybridized carbons (Fsp3) is 0.857. The Hall–Kier alpha value is -0.790. The van der Waals surface area contributed by atoms with Gasteiger partial charge in [-0.3, -0.25) is 0 Å². The van der Waals surface area contributed by atoms with E-state index in [0.717, 1.165) is 12.8 Å². The molecule has 0 aromatic heterocycles. The number of carbonyl (C=O) groups excluding carboxylic acids is 1. The molecule has 0 amide bonds. The summed E-state index contributed by atoms with van der Waals surface area (Å²) >= 11 is 0. The van der Waals surface area contributed by atoms with Crippen LogP contribution in [-0.4, -0.2) is 11.6 Å². The van der Waals surface area contributed by atoms with Gasteiger partial charge >= 0.3 is 5.97 Å². The highest BCUT2D eigenvalue weighted by molar-refractivity contribution is 5.87. The molecule has 3 aliphatic rings. The molecule has 2 heteroatoms. The smallest absolute Gasteiger partial charge is 0.333 e. The highest BCUT2D eigenvalue weighted by atomic mass is 16.6. The first-order chi connectivity index (χ1) is 11.1. The van der Waals surface area contributed by atoms with E-state index >= 15 is 0 Å². The van der Waals surface area contributed by atoms with Gasteiger partial charge in [0, 0.05) is 5.57 Å². The third-order valence-corrected chi connectivity index (χ3v) is 6.89. The van der Waals surface area contributed by atoms with Crippen molar-refractivity contribution < 1.29 is 9.53 Å². The molecule has 0 aliphatic heterocycles. The maximum Gasteiger partial charge on any atom is 0.333 e. The van der Waals surface area contributed by atoms with E-state index in [0.29, 0.717) is 16.9 Å². The van der Waals surface area contributed by atoms with E-state index in [1.54, 1.807) is 6.92 Å². The van der Waals surface area contributed by atoms with Gasteiger partial charge in [-0.1, -0.05) is 45.1 Å². The van der Waals surface area contributed by atoms with Crippen LogP contribution in [0.5, 0.6) is 0 Å². The van der Waals surface area contributed by atoms with Crippen LogP contribution in [-0.2, 0) is 9.53 Å². The summed E-state index contributed by atoms with van der Waals surface area (Å²) in [4.78, 5) is 12.4. The average molecular weight is 319 g/mol. The lowest BCUT2D eigenvalue weighted by Crippen LogP contribution is -2.51. The Bertz CT molecular complexity index is 435. The molecule has 0 aromatic carbocycles. The van der Waals surface area contributed by atoms with Crippen molar-refractivity contribution in [2.45, 2.75) is 102 Å². The Labute approximate surface area is 142 Å². The number of hydrogen-bond acceptors (Lipinski definition) is 2. The lowest BCUT2D eigenvalue weighted by Gasteiger charge is -2.53. The molecule has 0 radical (unpaired) electrons. The van der Waals surface area contributed by atoms with Crippen LogP contribution in [0.15, 0.2) is 12.2 Å². The Balaban J connectivity index is 1.84. The van der Waals surface area contributed by atoms with Crippen LogP contribution < -0.4 is 0 Å². The molecule has 3 aliphatic carbocycles. The van der Waals surface area contributed by atoms with Gasteiger partial charge in [-0.15, -0.1) is 0 Å². The molecule has 2 nitrogen and oxygen atoms in total. The molecule has 0 N–H and O–H groups in total. The van der Waals surface area contributed by atoms with Crippen LogP contribution in [0.2, 0.25) is 0 Å². The molecule has 130 valence electrons. The minimum absolute atomic E-state index is 0.150. The molecule has 0 heterocycles. The van der Waals surface area contributed by atoms with Crippen molar-refractivity contribution in [2.75, 3.05) is 0 Å². The van der Waals surface area contributed by atoms with Gasteiger partial charge in [0.25, 0.3) is 0 Å². The monoisotopic (exact) mass is 318 g/mol. The summed E-state index contributed by atoms with van der Waals surface area (Å²) in [5, 5.41) is 0. The third-order valence-electron chi connectivity index (χ3n) is 6.89. The lowest BCUT2D eigenvalue weighted by molar-refractivity contribution is -0.178. The van der Waals surface area contributed by atoms with Crippen LogP contribution in [0, 0.1) is 11.3 Å². The number of hydrogen-bond donors (Lipinski definition) is 0. The summed E-state index contributed by atoms with van der Waals surface area (Å²) in [6.45, 7) is 5.61. The van der Waals surface area contributed by atoms with E-state index in [2.05, 4.69) is 6.58 Å². The molecule has 1 spiro atoms. The van der Waals surface area contributed by atoms with E-state index in [1.807, 2.05) is 0 Å². The summed E-state index contributed by atoms with van der Waals surface area (Å²) in [6, 6.07) is 0. The van der Waals surface area contributed by atoms with Gasteiger partial charge < -0.3 is 4.74 Å². The average Bonchev–Trinajstić information content (AvgIpc) is 2.56. The van der Waals surface area contributed by atoms with Gasteiger partial charge in [-0.25, -0.2) is 4.79 Å². The number of esters is 1. The van der Waals surface area contributed by atoms with Gasteiger partial charge in [0.1, 0.15) is 5.60 Å². The minimum Gasteiger partial charge on any atom is -0.455 e. The highest BCUT2D eigenvalue weighted by Gasteiger charge is 2.51. The van der Waals surface area contributed by atoms with Gasteiger partial charge in [0.15, 0.2) is 0 Å². The van der Waals surface area contributed by atoms with Crippen molar-refractivity contribution in [2.24, 2.45) is 11.3 Å². The second-order valence-corrected chi connectivity index (χ2v) is 8.66. The summed E-state index contributed by atoms with van der Waals surface area (Å²) in [5.74, 6) is 0.432. The fourth-order valence-corrected chi connectivity index (χ4v) is 5.72. The molecule has 1 unspecified atom stereocenters. The number of carbonyl (C=O) groups is 1.